The summed E-state index contributed by atoms with van der Waals surface area (Å²) in [5.41, 5.74) is 3.46. The van der Waals surface area contributed by atoms with Gasteiger partial charge in [0.15, 0.2) is 17.1 Å². The van der Waals surface area contributed by atoms with Crippen LogP contribution in [0.4, 0.5) is 0 Å². The number of benzene rings is 4. The van der Waals surface area contributed by atoms with E-state index in [1.165, 1.54) is 5.56 Å². The minimum absolute atomic E-state index is 0.118. The first-order chi connectivity index (χ1) is 18.7. The van der Waals surface area contributed by atoms with Crippen LogP contribution in [0.25, 0.3) is 5.69 Å². The molecule has 1 atom stereocenters. The van der Waals surface area contributed by atoms with Crippen molar-refractivity contribution < 1.29 is 18.8 Å². The molecular weight excluding hydrogens is 474 g/mol. The number of hydrogen-bond acceptors (Lipinski definition) is 4. The number of nitrogens with zero attached hydrogens (tertiary/aromatic N) is 3. The van der Waals surface area contributed by atoms with Crippen molar-refractivity contribution in [3.8, 4) is 17.2 Å². The Morgan fingerprint density at radius 3 is 1.89 bits per heavy atom. The molecule has 0 saturated heterocycles. The van der Waals surface area contributed by atoms with Crippen molar-refractivity contribution in [2.24, 2.45) is 0 Å². The van der Waals surface area contributed by atoms with Crippen LogP contribution in [0.5, 0.6) is 11.5 Å². The Kier molecular flexibility index (Phi) is 6.40. The van der Waals surface area contributed by atoms with Gasteiger partial charge in [0.1, 0.15) is 12.6 Å². The van der Waals surface area contributed by atoms with Crippen LogP contribution in [0.2, 0.25) is 0 Å². The molecule has 5 aromatic rings. The van der Waals surface area contributed by atoms with Gasteiger partial charge in [-0.1, -0.05) is 102 Å². The van der Waals surface area contributed by atoms with E-state index in [1.54, 1.807) is 14.2 Å². The highest BCUT2D eigenvalue weighted by atomic mass is 16.5. The molecule has 2 heterocycles. The third-order valence-corrected chi connectivity index (χ3v) is 7.30. The van der Waals surface area contributed by atoms with E-state index >= 15 is 0 Å². The second-order valence-corrected chi connectivity index (χ2v) is 9.36. The normalized spacial score (nSPS) is 16.0. The molecule has 0 spiro atoms. The molecule has 0 aliphatic carbocycles. The number of rotatable bonds is 7. The summed E-state index contributed by atoms with van der Waals surface area (Å²) in [6.45, 7) is 0.347. The van der Waals surface area contributed by atoms with Crippen molar-refractivity contribution in [3.05, 3.63) is 138 Å². The lowest BCUT2D eigenvalue weighted by Gasteiger charge is -2.42. The molecule has 6 heteroatoms. The molecule has 0 saturated carbocycles. The molecule has 0 bridgehead atoms. The summed E-state index contributed by atoms with van der Waals surface area (Å²) >= 11 is 0. The third-order valence-electron chi connectivity index (χ3n) is 7.30. The maximum absolute atomic E-state index is 6.95. The fraction of sp³-hybridized carbons (Fsp3) is 0.188. The van der Waals surface area contributed by atoms with Gasteiger partial charge in [-0.25, -0.2) is 4.57 Å². The zero-order chi connectivity index (χ0) is 26.0. The van der Waals surface area contributed by atoms with E-state index in [9.17, 15) is 0 Å². The van der Waals surface area contributed by atoms with Crippen LogP contribution in [-0.4, -0.2) is 24.0 Å². The van der Waals surface area contributed by atoms with Crippen LogP contribution >= 0.6 is 0 Å². The van der Waals surface area contributed by atoms with Gasteiger partial charge < -0.3 is 14.2 Å². The highest BCUT2D eigenvalue weighted by Crippen LogP contribution is 2.45. The second-order valence-electron chi connectivity index (χ2n) is 9.36. The molecule has 0 unspecified atom stereocenters. The Labute approximate surface area is 222 Å². The van der Waals surface area contributed by atoms with Gasteiger partial charge in [-0.05, 0) is 28.8 Å². The Bertz CT molecular complexity index is 1460. The third kappa shape index (κ3) is 4.03. The number of hydrogen-bond donors (Lipinski definition) is 0. The van der Waals surface area contributed by atoms with Crippen molar-refractivity contribution in [1.29, 1.82) is 0 Å². The van der Waals surface area contributed by atoms with Gasteiger partial charge in [0.2, 0.25) is 12.0 Å². The summed E-state index contributed by atoms with van der Waals surface area (Å²) in [4.78, 5) is 0. The largest absolute Gasteiger partial charge is 0.493 e. The maximum Gasteiger partial charge on any atom is 0.304 e. The summed E-state index contributed by atoms with van der Waals surface area (Å²) in [5.74, 6) is 2.20. The average Bonchev–Trinajstić information content (AvgIpc) is 3.43. The van der Waals surface area contributed by atoms with E-state index in [4.69, 9.17) is 19.3 Å². The lowest BCUT2D eigenvalue weighted by Crippen LogP contribution is -2.59. The van der Waals surface area contributed by atoms with Crippen LogP contribution in [0.15, 0.2) is 116 Å². The minimum Gasteiger partial charge on any atom is -0.493 e. The first-order valence-corrected chi connectivity index (χ1v) is 12.7. The molecule has 0 radical (unpaired) electrons. The van der Waals surface area contributed by atoms with Crippen LogP contribution in [0.3, 0.4) is 0 Å². The summed E-state index contributed by atoms with van der Waals surface area (Å²) in [6.07, 6.45) is 2.80. The topological polar surface area (TPSA) is 49.4 Å². The number of fused-ring (bicyclic) bond motifs is 1. The maximum atomic E-state index is 6.95. The standard InChI is InChI=1S/C32H30N3O3/c1-36-27-19-12-20-28(37-2)31(27)35-23-34-29(21-24-13-6-3-7-14-24)32(38-22-30(34)33-35,25-15-8-4-9-16-25)26-17-10-5-11-18-26/h3-20,23,29H,21-22H2,1-2H3/q+1/t29-/m0/s1. The predicted octanol–water partition coefficient (Wildman–Crippen LogP) is 5.43. The van der Waals surface area contributed by atoms with E-state index in [1.807, 2.05) is 47.4 Å². The summed E-state index contributed by atoms with van der Waals surface area (Å²) in [7, 11) is 3.32. The molecular formula is C32H30N3O3+. The van der Waals surface area contributed by atoms with Crippen molar-refractivity contribution in [2.75, 3.05) is 14.2 Å². The summed E-state index contributed by atoms with van der Waals surface area (Å²) < 4.78 is 22.5. The van der Waals surface area contributed by atoms with Gasteiger partial charge in [0.25, 0.3) is 0 Å². The first kappa shape index (κ1) is 23.9. The molecule has 0 amide bonds. The zero-order valence-electron chi connectivity index (χ0n) is 21.5. The minimum atomic E-state index is -0.727. The Hall–Kier alpha value is -4.42. The first-order valence-electron chi connectivity index (χ1n) is 12.7. The van der Waals surface area contributed by atoms with Gasteiger partial charge in [-0.15, -0.1) is 0 Å². The molecule has 6 nitrogen and oxygen atoms in total. The molecule has 1 aliphatic rings. The SMILES string of the molecule is COc1cccc(OC)c1-n1c[n+]2c(n1)COC(c1ccccc1)(c1ccccc1)[C@@H]2Cc1ccccc1. The van der Waals surface area contributed by atoms with Crippen molar-refractivity contribution in [3.63, 3.8) is 0 Å². The fourth-order valence-electron chi connectivity index (χ4n) is 5.55. The molecule has 0 N–H and O–H groups in total. The predicted molar refractivity (Wildman–Crippen MR) is 144 cm³/mol. The lowest BCUT2D eigenvalue weighted by atomic mass is 9.76. The molecule has 1 aliphatic heterocycles. The van der Waals surface area contributed by atoms with E-state index in [-0.39, 0.29) is 6.04 Å². The van der Waals surface area contributed by atoms with Gasteiger partial charge in [0, 0.05) is 11.5 Å². The second kappa shape index (κ2) is 10.1. The highest BCUT2D eigenvalue weighted by Gasteiger charge is 2.51. The van der Waals surface area contributed by atoms with Crippen LogP contribution in [0, 0.1) is 0 Å². The molecule has 4 aromatic carbocycles. The summed E-state index contributed by atoms with van der Waals surface area (Å²) in [5, 5.41) is 4.98. The quantitative estimate of drug-likeness (QED) is 0.277. The number of aromatic nitrogens is 3. The Balaban J connectivity index is 1.59. The van der Waals surface area contributed by atoms with Crippen LogP contribution in [0.1, 0.15) is 28.6 Å². The van der Waals surface area contributed by atoms with Gasteiger partial charge >= 0.3 is 5.82 Å². The lowest BCUT2D eigenvalue weighted by molar-refractivity contribution is -0.758. The highest BCUT2D eigenvalue weighted by molar-refractivity contribution is 5.56. The monoisotopic (exact) mass is 504 g/mol. The van der Waals surface area contributed by atoms with Crippen LogP contribution < -0.4 is 14.0 Å². The van der Waals surface area contributed by atoms with Crippen molar-refractivity contribution >= 4 is 0 Å². The van der Waals surface area contributed by atoms with Crippen LogP contribution in [-0.2, 0) is 23.4 Å². The van der Waals surface area contributed by atoms with E-state index in [0.717, 1.165) is 29.1 Å². The smallest absolute Gasteiger partial charge is 0.304 e. The molecule has 6 rings (SSSR count). The van der Waals surface area contributed by atoms with Gasteiger partial charge in [0.05, 0.1) is 14.2 Å². The fourth-order valence-corrected chi connectivity index (χ4v) is 5.55. The van der Waals surface area contributed by atoms with Crippen molar-refractivity contribution in [1.82, 2.24) is 9.78 Å². The molecule has 1 aromatic heterocycles. The zero-order valence-corrected chi connectivity index (χ0v) is 21.5. The molecule has 38 heavy (non-hydrogen) atoms. The number of para-hydroxylation sites is 1. The summed E-state index contributed by atoms with van der Waals surface area (Å²) in [6, 6.07) is 37.2. The van der Waals surface area contributed by atoms with E-state index in [0.29, 0.717) is 18.1 Å². The number of methoxy groups -OCH3 is 2. The van der Waals surface area contributed by atoms with Crippen molar-refractivity contribution in [2.45, 2.75) is 24.7 Å². The van der Waals surface area contributed by atoms with E-state index < -0.39 is 5.60 Å². The Morgan fingerprint density at radius 2 is 1.34 bits per heavy atom. The van der Waals surface area contributed by atoms with Gasteiger partial charge in [-0.2, -0.15) is 0 Å². The van der Waals surface area contributed by atoms with E-state index in [2.05, 4.69) is 77.4 Å². The van der Waals surface area contributed by atoms with Gasteiger partial charge in [-0.3, -0.25) is 0 Å². The Morgan fingerprint density at radius 1 is 0.789 bits per heavy atom. The average molecular weight is 505 g/mol. The number of ether oxygens (including phenoxy) is 3. The molecule has 190 valence electrons. The molecule has 0 fully saturated rings.